The summed E-state index contributed by atoms with van der Waals surface area (Å²) in [5.74, 6) is 1.16. The third-order valence-electron chi connectivity index (χ3n) is 4.33. The van der Waals surface area contributed by atoms with Crippen LogP contribution in [-0.4, -0.2) is 27.2 Å². The van der Waals surface area contributed by atoms with Gasteiger partial charge in [-0.1, -0.05) is 18.2 Å². The molecule has 2 N–H and O–H groups in total. The molecule has 2 aromatic rings. The molecule has 5 heteroatoms. The van der Waals surface area contributed by atoms with Crippen LogP contribution >= 0.6 is 11.8 Å². The number of hydrogen-bond donors (Lipinski definition) is 2. The van der Waals surface area contributed by atoms with Crippen molar-refractivity contribution < 1.29 is 5.11 Å². The Kier molecular flexibility index (Phi) is 4.86. The maximum Gasteiger partial charge on any atom is 0.0644 e. The molecule has 0 bridgehead atoms. The van der Waals surface area contributed by atoms with Crippen LogP contribution in [0.3, 0.4) is 0 Å². The molecule has 1 aromatic carbocycles. The number of hydrogen-bond acceptors (Lipinski definition) is 4. The monoisotopic (exact) mass is 317 g/mol. The first kappa shape index (κ1) is 15.6. The lowest BCUT2D eigenvalue weighted by molar-refractivity contribution is 0.267. The summed E-state index contributed by atoms with van der Waals surface area (Å²) in [6, 6.07) is 9.09. The van der Waals surface area contributed by atoms with Gasteiger partial charge in [-0.2, -0.15) is 5.10 Å². The van der Waals surface area contributed by atoms with Crippen molar-refractivity contribution in [1.29, 1.82) is 0 Å². The van der Waals surface area contributed by atoms with Crippen molar-refractivity contribution in [3.8, 4) is 0 Å². The third-order valence-corrected chi connectivity index (χ3v) is 5.45. The highest BCUT2D eigenvalue weighted by Crippen LogP contribution is 2.36. The van der Waals surface area contributed by atoms with Gasteiger partial charge in [0.05, 0.1) is 18.8 Å². The fraction of sp³-hybridized carbons (Fsp3) is 0.471. The molecule has 0 amide bonds. The molecule has 118 valence electrons. The van der Waals surface area contributed by atoms with Crippen LogP contribution in [0.4, 0.5) is 0 Å². The van der Waals surface area contributed by atoms with Gasteiger partial charge in [-0.15, -0.1) is 11.8 Å². The van der Waals surface area contributed by atoms with E-state index in [0.29, 0.717) is 12.6 Å². The molecule has 0 saturated heterocycles. The van der Waals surface area contributed by atoms with Gasteiger partial charge in [0.1, 0.15) is 0 Å². The summed E-state index contributed by atoms with van der Waals surface area (Å²) in [6.07, 6.45) is 1.16. The van der Waals surface area contributed by atoms with E-state index in [1.807, 2.05) is 23.4 Å². The summed E-state index contributed by atoms with van der Waals surface area (Å²) in [5, 5.41) is 17.3. The predicted molar refractivity (Wildman–Crippen MR) is 90.2 cm³/mol. The van der Waals surface area contributed by atoms with Crippen molar-refractivity contribution in [3.63, 3.8) is 0 Å². The maximum atomic E-state index is 9.11. The molecule has 2 heterocycles. The Balaban J connectivity index is 1.74. The van der Waals surface area contributed by atoms with Crippen LogP contribution in [0.15, 0.2) is 29.2 Å². The number of aryl methyl sites for hydroxylation is 1. The van der Waals surface area contributed by atoms with Gasteiger partial charge in [0, 0.05) is 28.7 Å². The van der Waals surface area contributed by atoms with Crippen LogP contribution in [0.2, 0.25) is 0 Å². The summed E-state index contributed by atoms with van der Waals surface area (Å²) in [4.78, 5) is 1.40. The predicted octanol–water partition coefficient (Wildman–Crippen LogP) is 2.82. The number of thioether (sulfide) groups is 1. The average molecular weight is 317 g/mol. The topological polar surface area (TPSA) is 50.1 Å². The normalized spacial score (nSPS) is 17.5. The number of aliphatic hydroxyl groups is 1. The fourth-order valence-electron chi connectivity index (χ4n) is 3.08. The number of nitrogens with one attached hydrogen (secondary N) is 1. The van der Waals surface area contributed by atoms with E-state index < -0.39 is 0 Å². The van der Waals surface area contributed by atoms with E-state index >= 15 is 0 Å². The molecule has 1 aliphatic rings. The van der Waals surface area contributed by atoms with Gasteiger partial charge in [0.15, 0.2) is 0 Å². The quantitative estimate of drug-likeness (QED) is 0.890. The zero-order chi connectivity index (χ0) is 15.5. The third kappa shape index (κ3) is 3.07. The van der Waals surface area contributed by atoms with Gasteiger partial charge in [0.25, 0.3) is 0 Å². The van der Waals surface area contributed by atoms with Crippen LogP contribution < -0.4 is 5.32 Å². The molecule has 0 aliphatic carbocycles. The maximum absolute atomic E-state index is 9.11. The minimum absolute atomic E-state index is 0.127. The molecule has 22 heavy (non-hydrogen) atoms. The lowest BCUT2D eigenvalue weighted by atomic mass is 10.0. The summed E-state index contributed by atoms with van der Waals surface area (Å²) in [5.41, 5.74) is 4.87. The van der Waals surface area contributed by atoms with Gasteiger partial charge in [-0.05, 0) is 37.7 Å². The van der Waals surface area contributed by atoms with Gasteiger partial charge in [-0.25, -0.2) is 0 Å². The number of aromatic nitrogens is 2. The van der Waals surface area contributed by atoms with Crippen molar-refractivity contribution >= 4 is 11.8 Å². The zero-order valence-corrected chi connectivity index (χ0v) is 14.0. The molecule has 1 atom stereocenters. The fourth-order valence-corrected chi connectivity index (χ4v) is 4.21. The molecular weight excluding hydrogens is 294 g/mol. The minimum atomic E-state index is 0.127. The second-order valence-electron chi connectivity index (χ2n) is 5.70. The van der Waals surface area contributed by atoms with Crippen molar-refractivity contribution in [3.05, 3.63) is 46.8 Å². The van der Waals surface area contributed by atoms with Crippen LogP contribution in [0, 0.1) is 13.8 Å². The van der Waals surface area contributed by atoms with E-state index in [-0.39, 0.29) is 6.61 Å². The molecule has 0 fully saturated rings. The van der Waals surface area contributed by atoms with Crippen molar-refractivity contribution in [1.82, 2.24) is 15.1 Å². The first-order chi connectivity index (χ1) is 10.7. The van der Waals surface area contributed by atoms with Crippen molar-refractivity contribution in [2.45, 2.75) is 44.3 Å². The first-order valence-electron chi connectivity index (χ1n) is 7.79. The second-order valence-corrected chi connectivity index (χ2v) is 6.84. The molecule has 1 aliphatic heterocycles. The molecular formula is C17H23N3OS. The van der Waals surface area contributed by atoms with Gasteiger partial charge in [0.2, 0.25) is 0 Å². The number of nitrogens with zero attached hydrogens (tertiary/aromatic N) is 2. The molecule has 1 aromatic heterocycles. The highest BCUT2D eigenvalue weighted by molar-refractivity contribution is 7.99. The van der Waals surface area contributed by atoms with Gasteiger partial charge >= 0.3 is 0 Å². The van der Waals surface area contributed by atoms with Crippen LogP contribution in [-0.2, 0) is 13.1 Å². The van der Waals surface area contributed by atoms with Gasteiger partial charge in [-0.3, -0.25) is 4.68 Å². The van der Waals surface area contributed by atoms with Crippen LogP contribution in [0.5, 0.6) is 0 Å². The SMILES string of the molecule is Cc1nn(CCO)c(C)c1CN[C@@H]1CCSc2ccccc21. The number of benzene rings is 1. The molecule has 4 nitrogen and oxygen atoms in total. The first-order valence-corrected chi connectivity index (χ1v) is 8.78. The Hall–Kier alpha value is -1.30. The lowest BCUT2D eigenvalue weighted by Gasteiger charge is -2.26. The Morgan fingerprint density at radius 2 is 2.18 bits per heavy atom. The molecule has 0 radical (unpaired) electrons. The standard InChI is InChI=1S/C17H23N3OS/c1-12-15(13(2)20(19-12)8-9-21)11-18-16-7-10-22-17-6-4-3-5-14(16)17/h3-6,16,18,21H,7-11H2,1-2H3/t16-/m1/s1. The van der Waals surface area contributed by atoms with E-state index in [4.69, 9.17) is 5.11 Å². The van der Waals surface area contributed by atoms with Crippen LogP contribution in [0.25, 0.3) is 0 Å². The van der Waals surface area contributed by atoms with Gasteiger partial charge < -0.3 is 10.4 Å². The molecule has 0 spiro atoms. The summed E-state index contributed by atoms with van der Waals surface area (Å²) in [7, 11) is 0. The van der Waals surface area contributed by atoms with E-state index in [9.17, 15) is 0 Å². The highest BCUT2D eigenvalue weighted by atomic mass is 32.2. The number of rotatable bonds is 5. The van der Waals surface area contributed by atoms with Crippen molar-refractivity contribution in [2.24, 2.45) is 0 Å². The van der Waals surface area contributed by atoms with Crippen LogP contribution in [0.1, 0.15) is 35.0 Å². The summed E-state index contributed by atoms with van der Waals surface area (Å²) < 4.78 is 1.90. The molecule has 3 rings (SSSR count). The lowest BCUT2D eigenvalue weighted by Crippen LogP contribution is -2.24. The smallest absolute Gasteiger partial charge is 0.0644 e. The Labute approximate surface area is 135 Å². The largest absolute Gasteiger partial charge is 0.394 e. The van der Waals surface area contributed by atoms with E-state index in [1.165, 1.54) is 16.0 Å². The Bertz CT molecular complexity index is 653. The second kappa shape index (κ2) is 6.86. The van der Waals surface area contributed by atoms with E-state index in [0.717, 1.165) is 30.1 Å². The minimum Gasteiger partial charge on any atom is -0.394 e. The molecule has 0 saturated carbocycles. The number of fused-ring (bicyclic) bond motifs is 1. The van der Waals surface area contributed by atoms with Crippen molar-refractivity contribution in [2.75, 3.05) is 12.4 Å². The molecule has 0 unspecified atom stereocenters. The highest BCUT2D eigenvalue weighted by Gasteiger charge is 2.20. The average Bonchev–Trinajstić information content (AvgIpc) is 2.80. The van der Waals surface area contributed by atoms with E-state index in [1.54, 1.807) is 0 Å². The van der Waals surface area contributed by atoms with E-state index in [2.05, 4.69) is 41.6 Å². The Morgan fingerprint density at radius 3 is 3.00 bits per heavy atom. The summed E-state index contributed by atoms with van der Waals surface area (Å²) in [6.45, 7) is 5.64. The number of aliphatic hydroxyl groups excluding tert-OH is 1. The Morgan fingerprint density at radius 1 is 1.36 bits per heavy atom. The summed E-state index contributed by atoms with van der Waals surface area (Å²) >= 11 is 1.95. The zero-order valence-electron chi connectivity index (χ0n) is 13.2.